The van der Waals surface area contributed by atoms with E-state index in [4.69, 9.17) is 0 Å². The standard InChI is InChI=1S/C18H24FN3O2/c1-13-6-7-14(10-16(13)19)20-17(23)12-21-8-2-4-15(11-21)22-9-3-5-18(22)24/h6-7,10,15H,2-5,8-9,11-12H2,1H3,(H,20,23). The molecule has 2 aliphatic rings. The van der Waals surface area contributed by atoms with Gasteiger partial charge in [0.1, 0.15) is 5.82 Å². The molecule has 1 aromatic rings. The molecule has 2 heterocycles. The van der Waals surface area contributed by atoms with Gasteiger partial charge in [-0.05, 0) is 50.4 Å². The average Bonchev–Trinajstić information content (AvgIpc) is 2.97. The highest BCUT2D eigenvalue weighted by molar-refractivity contribution is 5.92. The van der Waals surface area contributed by atoms with Crippen LogP contribution in [-0.4, -0.2) is 53.8 Å². The molecule has 2 fully saturated rings. The molecule has 2 amide bonds. The van der Waals surface area contributed by atoms with Crippen molar-refractivity contribution in [2.75, 3.05) is 31.5 Å². The highest BCUT2D eigenvalue weighted by atomic mass is 19.1. The number of amides is 2. The van der Waals surface area contributed by atoms with Crippen LogP contribution in [0.3, 0.4) is 0 Å². The number of hydrogen-bond acceptors (Lipinski definition) is 3. The highest BCUT2D eigenvalue weighted by Crippen LogP contribution is 2.21. The minimum atomic E-state index is -0.321. The fourth-order valence-electron chi connectivity index (χ4n) is 3.56. The number of nitrogens with zero attached hydrogens (tertiary/aromatic N) is 2. The van der Waals surface area contributed by atoms with Crippen LogP contribution >= 0.6 is 0 Å². The molecule has 2 saturated heterocycles. The van der Waals surface area contributed by atoms with Crippen LogP contribution in [0.1, 0.15) is 31.2 Å². The number of anilines is 1. The lowest BCUT2D eigenvalue weighted by Gasteiger charge is -2.37. The van der Waals surface area contributed by atoms with Gasteiger partial charge in [-0.2, -0.15) is 0 Å². The van der Waals surface area contributed by atoms with Crippen LogP contribution in [0.25, 0.3) is 0 Å². The second-order valence-electron chi connectivity index (χ2n) is 6.73. The van der Waals surface area contributed by atoms with Gasteiger partial charge in [-0.25, -0.2) is 4.39 Å². The number of piperidine rings is 1. The summed E-state index contributed by atoms with van der Waals surface area (Å²) in [5.41, 5.74) is 1.04. The zero-order valence-electron chi connectivity index (χ0n) is 14.1. The molecule has 24 heavy (non-hydrogen) atoms. The van der Waals surface area contributed by atoms with Gasteiger partial charge in [-0.3, -0.25) is 14.5 Å². The summed E-state index contributed by atoms with van der Waals surface area (Å²) < 4.78 is 13.5. The van der Waals surface area contributed by atoms with Crippen LogP contribution in [-0.2, 0) is 9.59 Å². The van der Waals surface area contributed by atoms with Crippen molar-refractivity contribution in [1.82, 2.24) is 9.80 Å². The first-order valence-corrected chi connectivity index (χ1v) is 8.61. The van der Waals surface area contributed by atoms with Gasteiger partial charge in [0, 0.05) is 31.2 Å². The Balaban J connectivity index is 1.53. The van der Waals surface area contributed by atoms with Crippen molar-refractivity contribution in [1.29, 1.82) is 0 Å². The van der Waals surface area contributed by atoms with Gasteiger partial charge in [-0.15, -0.1) is 0 Å². The molecule has 0 aliphatic carbocycles. The van der Waals surface area contributed by atoms with Crippen LogP contribution in [0.4, 0.5) is 10.1 Å². The Kier molecular flexibility index (Phi) is 5.14. The van der Waals surface area contributed by atoms with E-state index < -0.39 is 0 Å². The van der Waals surface area contributed by atoms with Crippen molar-refractivity contribution < 1.29 is 14.0 Å². The Morgan fingerprint density at radius 2 is 2.17 bits per heavy atom. The van der Waals surface area contributed by atoms with E-state index in [1.807, 2.05) is 4.90 Å². The van der Waals surface area contributed by atoms with Crippen LogP contribution in [0.2, 0.25) is 0 Å². The molecule has 0 saturated carbocycles. The lowest BCUT2D eigenvalue weighted by molar-refractivity contribution is -0.130. The topological polar surface area (TPSA) is 52.7 Å². The smallest absolute Gasteiger partial charge is 0.238 e. The van der Waals surface area contributed by atoms with Crippen LogP contribution < -0.4 is 5.32 Å². The SMILES string of the molecule is Cc1ccc(NC(=O)CN2CCCC(N3CCCC3=O)C2)cc1F. The number of carbonyl (C=O) groups excluding carboxylic acids is 2. The molecule has 0 aromatic heterocycles. The second kappa shape index (κ2) is 7.30. The van der Waals surface area contributed by atoms with E-state index in [0.717, 1.165) is 38.9 Å². The first kappa shape index (κ1) is 16.9. The fraction of sp³-hybridized carbons (Fsp3) is 0.556. The Labute approximate surface area is 141 Å². The number of nitrogens with one attached hydrogen (secondary N) is 1. The number of aryl methyl sites for hydroxylation is 1. The van der Waals surface area contributed by atoms with E-state index in [2.05, 4.69) is 10.2 Å². The van der Waals surface area contributed by atoms with Crippen LogP contribution in [0.5, 0.6) is 0 Å². The third kappa shape index (κ3) is 3.93. The first-order valence-electron chi connectivity index (χ1n) is 8.61. The summed E-state index contributed by atoms with van der Waals surface area (Å²) in [5.74, 6) is -0.230. The normalized spacial score (nSPS) is 22.0. The predicted octanol–water partition coefficient (Wildman–Crippen LogP) is 2.16. The van der Waals surface area contributed by atoms with E-state index in [0.29, 0.717) is 17.7 Å². The summed E-state index contributed by atoms with van der Waals surface area (Å²) in [6, 6.07) is 4.92. The summed E-state index contributed by atoms with van der Waals surface area (Å²) in [6.07, 6.45) is 3.58. The molecule has 5 nitrogen and oxygen atoms in total. The van der Waals surface area contributed by atoms with Gasteiger partial charge in [-0.1, -0.05) is 6.07 Å². The molecule has 130 valence electrons. The Morgan fingerprint density at radius 1 is 1.33 bits per heavy atom. The summed E-state index contributed by atoms with van der Waals surface area (Å²) in [6.45, 7) is 4.39. The number of rotatable bonds is 4. The third-order valence-corrected chi connectivity index (χ3v) is 4.85. The molecule has 0 radical (unpaired) electrons. The van der Waals surface area contributed by atoms with Crippen molar-refractivity contribution in [3.63, 3.8) is 0 Å². The Hall–Kier alpha value is -1.95. The minimum absolute atomic E-state index is 0.147. The number of likely N-dealkylation sites (tertiary alicyclic amines) is 2. The first-order chi connectivity index (χ1) is 11.5. The highest BCUT2D eigenvalue weighted by Gasteiger charge is 2.31. The van der Waals surface area contributed by atoms with Crippen molar-refractivity contribution in [3.8, 4) is 0 Å². The summed E-state index contributed by atoms with van der Waals surface area (Å²) in [7, 11) is 0. The summed E-state index contributed by atoms with van der Waals surface area (Å²) in [5, 5.41) is 2.75. The van der Waals surface area contributed by atoms with E-state index in [1.165, 1.54) is 6.07 Å². The molecule has 1 unspecified atom stereocenters. The van der Waals surface area contributed by atoms with E-state index in [1.54, 1.807) is 19.1 Å². The maximum absolute atomic E-state index is 13.5. The maximum atomic E-state index is 13.5. The molecule has 1 aromatic carbocycles. The molecule has 1 atom stereocenters. The number of hydrogen-bond donors (Lipinski definition) is 1. The third-order valence-electron chi connectivity index (χ3n) is 4.85. The van der Waals surface area contributed by atoms with Crippen LogP contribution in [0, 0.1) is 12.7 Å². The number of benzene rings is 1. The van der Waals surface area contributed by atoms with Gasteiger partial charge in [0.15, 0.2) is 0 Å². The Bertz CT molecular complexity index is 635. The quantitative estimate of drug-likeness (QED) is 0.919. The average molecular weight is 333 g/mol. The largest absolute Gasteiger partial charge is 0.338 e. The lowest BCUT2D eigenvalue weighted by atomic mass is 10.0. The molecular weight excluding hydrogens is 309 g/mol. The summed E-state index contributed by atoms with van der Waals surface area (Å²) >= 11 is 0. The van der Waals surface area contributed by atoms with Gasteiger partial charge in [0.2, 0.25) is 11.8 Å². The molecule has 0 bridgehead atoms. The fourth-order valence-corrected chi connectivity index (χ4v) is 3.56. The second-order valence-corrected chi connectivity index (χ2v) is 6.73. The van der Waals surface area contributed by atoms with Crippen molar-refractivity contribution >= 4 is 17.5 Å². The zero-order valence-corrected chi connectivity index (χ0v) is 14.1. The molecular formula is C18H24FN3O2. The van der Waals surface area contributed by atoms with E-state index in [-0.39, 0.29) is 30.2 Å². The Morgan fingerprint density at radius 3 is 2.88 bits per heavy atom. The number of carbonyl (C=O) groups is 2. The van der Waals surface area contributed by atoms with Gasteiger partial charge >= 0.3 is 0 Å². The van der Waals surface area contributed by atoms with Crippen LogP contribution in [0.15, 0.2) is 18.2 Å². The van der Waals surface area contributed by atoms with Gasteiger partial charge in [0.05, 0.1) is 6.54 Å². The molecule has 2 aliphatic heterocycles. The maximum Gasteiger partial charge on any atom is 0.238 e. The molecule has 3 rings (SSSR count). The molecule has 0 spiro atoms. The predicted molar refractivity (Wildman–Crippen MR) is 90.2 cm³/mol. The van der Waals surface area contributed by atoms with Gasteiger partial charge in [0.25, 0.3) is 0 Å². The lowest BCUT2D eigenvalue weighted by Crippen LogP contribution is -2.50. The van der Waals surface area contributed by atoms with Crippen molar-refractivity contribution in [2.24, 2.45) is 0 Å². The zero-order chi connectivity index (χ0) is 17.1. The van der Waals surface area contributed by atoms with E-state index >= 15 is 0 Å². The summed E-state index contributed by atoms with van der Waals surface area (Å²) in [4.78, 5) is 28.2. The van der Waals surface area contributed by atoms with Crippen molar-refractivity contribution in [3.05, 3.63) is 29.6 Å². The number of halogens is 1. The van der Waals surface area contributed by atoms with Gasteiger partial charge < -0.3 is 10.2 Å². The van der Waals surface area contributed by atoms with Crippen molar-refractivity contribution in [2.45, 2.75) is 38.6 Å². The molecule has 1 N–H and O–H groups in total. The minimum Gasteiger partial charge on any atom is -0.338 e. The molecule has 6 heteroatoms. The monoisotopic (exact) mass is 333 g/mol. The van der Waals surface area contributed by atoms with E-state index in [9.17, 15) is 14.0 Å².